The van der Waals surface area contributed by atoms with Crippen LogP contribution in [0.5, 0.6) is 0 Å². The Hall–Kier alpha value is -1.34. The first-order chi connectivity index (χ1) is 8.25. The number of amides is 2. The van der Waals surface area contributed by atoms with E-state index in [1.807, 2.05) is 0 Å². The van der Waals surface area contributed by atoms with E-state index in [4.69, 9.17) is 14.9 Å². The highest BCUT2D eigenvalue weighted by molar-refractivity contribution is 5.85. The maximum absolute atomic E-state index is 11.9. The van der Waals surface area contributed by atoms with Crippen molar-refractivity contribution in [3.8, 4) is 0 Å². The van der Waals surface area contributed by atoms with Gasteiger partial charge in [-0.15, -0.1) is 0 Å². The summed E-state index contributed by atoms with van der Waals surface area (Å²) in [6.45, 7) is 3.71. The highest BCUT2D eigenvalue weighted by atomic mass is 16.5. The number of carbonyl (C=O) groups is 2. The highest BCUT2D eigenvalue weighted by Gasteiger charge is 2.36. The van der Waals surface area contributed by atoms with Gasteiger partial charge in [0.25, 0.3) is 0 Å². The van der Waals surface area contributed by atoms with Gasteiger partial charge in [-0.05, 0) is 13.8 Å². The van der Waals surface area contributed by atoms with Crippen LogP contribution in [-0.2, 0) is 9.53 Å². The first-order valence-corrected chi connectivity index (χ1v) is 5.66. The van der Waals surface area contributed by atoms with Gasteiger partial charge in [-0.1, -0.05) is 0 Å². The van der Waals surface area contributed by atoms with E-state index in [0.717, 1.165) is 0 Å². The summed E-state index contributed by atoms with van der Waals surface area (Å²) in [6.07, 6.45) is 0. The standard InChI is InChI=1S/C11H22N2O5/c1-11(2,9(15)16)13(4)10(17)12(3)5-7-18-8-6-14/h14H,5-8H2,1-4H3,(H,15,16). The molecule has 0 saturated heterocycles. The van der Waals surface area contributed by atoms with Crippen molar-refractivity contribution in [3.05, 3.63) is 0 Å². The minimum absolute atomic E-state index is 0.0659. The minimum Gasteiger partial charge on any atom is -0.480 e. The number of carbonyl (C=O) groups excluding carboxylic acids is 1. The predicted molar refractivity (Wildman–Crippen MR) is 65.4 cm³/mol. The van der Waals surface area contributed by atoms with Crippen molar-refractivity contribution in [2.24, 2.45) is 0 Å². The van der Waals surface area contributed by atoms with Crippen molar-refractivity contribution in [2.75, 3.05) is 40.5 Å². The van der Waals surface area contributed by atoms with E-state index in [1.54, 1.807) is 7.05 Å². The van der Waals surface area contributed by atoms with E-state index >= 15 is 0 Å². The van der Waals surface area contributed by atoms with Crippen LogP contribution in [0, 0.1) is 0 Å². The molecule has 0 spiro atoms. The number of aliphatic hydroxyl groups excluding tert-OH is 1. The third-order valence-corrected chi connectivity index (χ3v) is 2.78. The van der Waals surface area contributed by atoms with Crippen molar-refractivity contribution in [1.82, 2.24) is 9.80 Å². The van der Waals surface area contributed by atoms with Crippen LogP contribution in [0.1, 0.15) is 13.8 Å². The number of urea groups is 1. The Morgan fingerprint density at radius 2 is 1.78 bits per heavy atom. The van der Waals surface area contributed by atoms with Crippen LogP contribution in [0.15, 0.2) is 0 Å². The second-order valence-corrected chi connectivity index (χ2v) is 4.46. The predicted octanol–water partition coefficient (Wildman–Crippen LogP) is -0.158. The van der Waals surface area contributed by atoms with Gasteiger partial charge in [0.05, 0.1) is 19.8 Å². The zero-order valence-electron chi connectivity index (χ0n) is 11.3. The molecule has 0 atom stereocenters. The summed E-state index contributed by atoms with van der Waals surface area (Å²) in [5.41, 5.74) is -1.27. The summed E-state index contributed by atoms with van der Waals surface area (Å²) in [6, 6.07) is -0.394. The van der Waals surface area contributed by atoms with Gasteiger partial charge < -0.3 is 24.7 Å². The SMILES string of the molecule is CN(CCOCCO)C(=O)N(C)C(C)(C)C(=O)O. The number of ether oxygens (including phenoxy) is 1. The molecule has 0 aliphatic carbocycles. The molecule has 18 heavy (non-hydrogen) atoms. The lowest BCUT2D eigenvalue weighted by molar-refractivity contribution is -0.147. The quantitative estimate of drug-likeness (QED) is 0.622. The van der Waals surface area contributed by atoms with Gasteiger partial charge in [-0.3, -0.25) is 0 Å². The lowest BCUT2D eigenvalue weighted by Crippen LogP contribution is -2.54. The Morgan fingerprint density at radius 3 is 2.22 bits per heavy atom. The molecule has 7 nitrogen and oxygen atoms in total. The Labute approximate surface area is 107 Å². The molecule has 2 amide bonds. The largest absolute Gasteiger partial charge is 0.480 e. The van der Waals surface area contributed by atoms with Crippen LogP contribution in [0.2, 0.25) is 0 Å². The first-order valence-electron chi connectivity index (χ1n) is 5.66. The molecule has 0 aliphatic heterocycles. The fourth-order valence-corrected chi connectivity index (χ4v) is 1.10. The molecule has 0 radical (unpaired) electrons. The molecule has 0 bridgehead atoms. The van der Waals surface area contributed by atoms with Crippen molar-refractivity contribution >= 4 is 12.0 Å². The van der Waals surface area contributed by atoms with E-state index in [0.29, 0.717) is 13.2 Å². The summed E-state index contributed by atoms with van der Waals surface area (Å²) in [5.74, 6) is -1.07. The van der Waals surface area contributed by atoms with Gasteiger partial charge in [0.15, 0.2) is 0 Å². The monoisotopic (exact) mass is 262 g/mol. The second-order valence-electron chi connectivity index (χ2n) is 4.46. The summed E-state index contributed by atoms with van der Waals surface area (Å²) in [5, 5.41) is 17.5. The van der Waals surface area contributed by atoms with Crippen LogP contribution < -0.4 is 0 Å². The van der Waals surface area contributed by atoms with Crippen LogP contribution in [0.25, 0.3) is 0 Å². The maximum atomic E-state index is 11.9. The normalized spacial score (nSPS) is 11.2. The van der Waals surface area contributed by atoms with Gasteiger partial charge in [0, 0.05) is 20.6 Å². The molecule has 0 unspecified atom stereocenters. The average molecular weight is 262 g/mol. The molecule has 0 aromatic carbocycles. The van der Waals surface area contributed by atoms with E-state index in [-0.39, 0.29) is 13.2 Å². The van der Waals surface area contributed by atoms with E-state index in [1.165, 1.54) is 30.7 Å². The Kier molecular flexibility index (Phi) is 6.64. The van der Waals surface area contributed by atoms with E-state index in [2.05, 4.69) is 0 Å². The Balaban J connectivity index is 4.33. The average Bonchev–Trinajstić information content (AvgIpc) is 2.32. The fraction of sp³-hybridized carbons (Fsp3) is 0.818. The summed E-state index contributed by atoms with van der Waals surface area (Å²) in [4.78, 5) is 25.5. The number of carboxylic acids is 1. The zero-order chi connectivity index (χ0) is 14.3. The van der Waals surface area contributed by atoms with E-state index in [9.17, 15) is 9.59 Å². The number of likely N-dealkylation sites (N-methyl/N-ethyl adjacent to an activating group) is 2. The molecule has 2 N–H and O–H groups in total. The maximum Gasteiger partial charge on any atom is 0.329 e. The molecule has 106 valence electrons. The number of hydrogen-bond acceptors (Lipinski definition) is 4. The fourth-order valence-electron chi connectivity index (χ4n) is 1.10. The van der Waals surface area contributed by atoms with Crippen molar-refractivity contribution in [1.29, 1.82) is 0 Å². The highest BCUT2D eigenvalue weighted by Crippen LogP contribution is 2.14. The molecule has 0 aromatic rings. The Morgan fingerprint density at radius 1 is 1.22 bits per heavy atom. The zero-order valence-corrected chi connectivity index (χ0v) is 11.3. The van der Waals surface area contributed by atoms with Gasteiger partial charge in [-0.2, -0.15) is 0 Å². The van der Waals surface area contributed by atoms with Crippen molar-refractivity contribution in [2.45, 2.75) is 19.4 Å². The molecule has 0 rings (SSSR count). The third kappa shape index (κ3) is 4.50. The van der Waals surface area contributed by atoms with Crippen LogP contribution in [0.3, 0.4) is 0 Å². The molecule has 0 aliphatic rings. The number of rotatable bonds is 7. The van der Waals surface area contributed by atoms with Gasteiger partial charge in [-0.25, -0.2) is 9.59 Å². The molecular weight excluding hydrogens is 240 g/mol. The van der Waals surface area contributed by atoms with E-state index < -0.39 is 17.5 Å². The summed E-state index contributed by atoms with van der Waals surface area (Å²) >= 11 is 0. The van der Waals surface area contributed by atoms with Crippen LogP contribution in [0.4, 0.5) is 4.79 Å². The topological polar surface area (TPSA) is 90.3 Å². The lowest BCUT2D eigenvalue weighted by atomic mass is 10.0. The summed E-state index contributed by atoms with van der Waals surface area (Å²) < 4.78 is 5.04. The number of aliphatic carboxylic acids is 1. The number of carboxylic acid groups (broad SMARTS) is 1. The Bertz CT molecular complexity index is 293. The summed E-state index contributed by atoms with van der Waals surface area (Å²) in [7, 11) is 3.01. The number of nitrogens with zero attached hydrogens (tertiary/aromatic N) is 2. The molecule has 7 heteroatoms. The van der Waals surface area contributed by atoms with Crippen molar-refractivity contribution < 1.29 is 24.5 Å². The smallest absolute Gasteiger partial charge is 0.329 e. The van der Waals surface area contributed by atoms with Crippen molar-refractivity contribution in [3.63, 3.8) is 0 Å². The molecule has 0 heterocycles. The molecule has 0 fully saturated rings. The van der Waals surface area contributed by atoms with Gasteiger partial charge in [0.2, 0.25) is 0 Å². The minimum atomic E-state index is -1.27. The first kappa shape index (κ1) is 16.7. The van der Waals surface area contributed by atoms with Gasteiger partial charge in [0.1, 0.15) is 5.54 Å². The number of aliphatic hydroxyl groups is 1. The van der Waals surface area contributed by atoms with Gasteiger partial charge >= 0.3 is 12.0 Å². The van der Waals surface area contributed by atoms with Crippen LogP contribution in [-0.4, -0.2) is 78.0 Å². The second kappa shape index (κ2) is 7.17. The number of hydrogen-bond donors (Lipinski definition) is 2. The molecular formula is C11H22N2O5. The lowest BCUT2D eigenvalue weighted by Gasteiger charge is -2.34. The molecule has 0 saturated carbocycles. The third-order valence-electron chi connectivity index (χ3n) is 2.78. The van der Waals surface area contributed by atoms with Crippen LogP contribution >= 0.6 is 0 Å². The molecule has 0 aromatic heterocycles.